The lowest BCUT2D eigenvalue weighted by Crippen LogP contribution is -2.04. The van der Waals surface area contributed by atoms with Crippen LogP contribution in [0.1, 0.15) is 16.7 Å². The number of pyridine rings is 1. The van der Waals surface area contributed by atoms with Gasteiger partial charge in [0.1, 0.15) is 0 Å². The molecule has 0 atom stereocenters. The number of aromatic nitrogens is 1. The molecule has 0 aliphatic rings. The highest BCUT2D eigenvalue weighted by atomic mass is 79.9. The van der Waals surface area contributed by atoms with Crippen LogP contribution in [-0.2, 0) is 12.6 Å². The Morgan fingerprint density at radius 2 is 1.68 bits per heavy atom. The van der Waals surface area contributed by atoms with Crippen LogP contribution in [-0.4, -0.2) is 4.98 Å². The smallest absolute Gasteiger partial charge is 0.398 e. The number of anilines is 1. The molecule has 0 aliphatic heterocycles. The average Bonchev–Trinajstić information content (AvgIpc) is 2.56. The molecule has 0 saturated carbocycles. The molecule has 0 amide bonds. The van der Waals surface area contributed by atoms with Gasteiger partial charge in [-0.3, -0.25) is 4.98 Å². The molecule has 1 heterocycles. The number of halogens is 4. The van der Waals surface area contributed by atoms with Gasteiger partial charge in [-0.2, -0.15) is 13.2 Å². The van der Waals surface area contributed by atoms with Crippen molar-refractivity contribution in [2.75, 3.05) is 5.73 Å². The van der Waals surface area contributed by atoms with Crippen molar-refractivity contribution >= 4 is 21.6 Å². The Morgan fingerprint density at radius 1 is 0.960 bits per heavy atom. The maximum atomic E-state index is 12.7. The Morgan fingerprint density at radius 3 is 2.28 bits per heavy atom. The van der Waals surface area contributed by atoms with E-state index in [9.17, 15) is 13.2 Å². The summed E-state index contributed by atoms with van der Waals surface area (Å²) in [7, 11) is 0. The van der Waals surface area contributed by atoms with E-state index in [1.807, 2.05) is 24.3 Å². The van der Waals surface area contributed by atoms with Crippen LogP contribution in [0.15, 0.2) is 65.3 Å². The van der Waals surface area contributed by atoms with E-state index in [1.54, 1.807) is 12.3 Å². The van der Waals surface area contributed by atoms with Gasteiger partial charge in [0.25, 0.3) is 0 Å². The summed E-state index contributed by atoms with van der Waals surface area (Å²) >= 11 is 3.35. The van der Waals surface area contributed by atoms with Crippen LogP contribution in [0.3, 0.4) is 0 Å². The number of nitrogen functional groups attached to an aromatic ring is 1. The molecule has 128 valence electrons. The predicted molar refractivity (Wildman–Crippen MR) is 96.0 cm³/mol. The largest absolute Gasteiger partial charge is 0.416 e. The normalized spacial score (nSPS) is 11.5. The van der Waals surface area contributed by atoms with Crippen LogP contribution < -0.4 is 5.73 Å². The van der Waals surface area contributed by atoms with E-state index in [2.05, 4.69) is 20.9 Å². The Bertz CT molecular complexity index is 873. The molecular formula is C19H14BrF3N2. The molecule has 0 fully saturated rings. The van der Waals surface area contributed by atoms with Crippen LogP contribution in [0.4, 0.5) is 18.9 Å². The van der Waals surface area contributed by atoms with Crippen molar-refractivity contribution in [1.29, 1.82) is 0 Å². The highest BCUT2D eigenvalue weighted by molar-refractivity contribution is 9.10. The number of hydrogen-bond donors (Lipinski definition) is 1. The maximum Gasteiger partial charge on any atom is 0.416 e. The monoisotopic (exact) mass is 406 g/mol. The minimum atomic E-state index is -4.33. The van der Waals surface area contributed by atoms with Crippen LogP contribution in [0.5, 0.6) is 0 Å². The molecular weight excluding hydrogens is 393 g/mol. The lowest BCUT2D eigenvalue weighted by molar-refractivity contribution is -0.137. The van der Waals surface area contributed by atoms with Crippen molar-refractivity contribution in [2.45, 2.75) is 12.6 Å². The summed E-state index contributed by atoms with van der Waals surface area (Å²) in [4.78, 5) is 4.38. The Hall–Kier alpha value is -2.34. The SMILES string of the molecule is Nc1cccc(Cc2ccc(C(F)(F)F)cc2)c1-c1ccc(Br)cn1. The van der Waals surface area contributed by atoms with Crippen molar-refractivity contribution in [2.24, 2.45) is 0 Å². The molecule has 0 radical (unpaired) electrons. The minimum absolute atomic E-state index is 0.469. The maximum absolute atomic E-state index is 12.7. The van der Waals surface area contributed by atoms with E-state index in [0.29, 0.717) is 12.1 Å². The molecule has 3 aromatic rings. The summed E-state index contributed by atoms with van der Waals surface area (Å²) in [6, 6.07) is 14.4. The molecule has 2 aromatic carbocycles. The van der Waals surface area contributed by atoms with Gasteiger partial charge >= 0.3 is 6.18 Å². The summed E-state index contributed by atoms with van der Waals surface area (Å²) < 4.78 is 38.9. The van der Waals surface area contributed by atoms with Crippen molar-refractivity contribution < 1.29 is 13.2 Å². The zero-order valence-electron chi connectivity index (χ0n) is 13.0. The highest BCUT2D eigenvalue weighted by Crippen LogP contribution is 2.32. The third-order valence-corrected chi connectivity index (χ3v) is 4.31. The standard InChI is InChI=1S/C19H14BrF3N2/c20-15-8-9-17(25-11-15)18-13(2-1-3-16(18)24)10-12-4-6-14(7-5-12)19(21,22)23/h1-9,11H,10,24H2. The topological polar surface area (TPSA) is 38.9 Å². The Labute approximate surface area is 151 Å². The molecule has 6 heteroatoms. The van der Waals surface area contributed by atoms with Crippen molar-refractivity contribution in [1.82, 2.24) is 4.98 Å². The molecule has 0 bridgehead atoms. The third-order valence-electron chi connectivity index (χ3n) is 3.84. The van der Waals surface area contributed by atoms with E-state index < -0.39 is 11.7 Å². The van der Waals surface area contributed by atoms with Gasteiger partial charge in [0.2, 0.25) is 0 Å². The molecule has 0 aliphatic carbocycles. The number of nitrogens with two attached hydrogens (primary N) is 1. The number of rotatable bonds is 3. The second-order valence-electron chi connectivity index (χ2n) is 5.61. The molecule has 1 aromatic heterocycles. The molecule has 0 unspecified atom stereocenters. The third kappa shape index (κ3) is 4.02. The van der Waals surface area contributed by atoms with E-state index >= 15 is 0 Å². The molecule has 2 N–H and O–H groups in total. The minimum Gasteiger partial charge on any atom is -0.398 e. The summed E-state index contributed by atoms with van der Waals surface area (Å²) in [5.41, 5.74) is 9.27. The molecule has 0 saturated heterocycles. The van der Waals surface area contributed by atoms with Gasteiger partial charge in [-0.1, -0.05) is 24.3 Å². The fraction of sp³-hybridized carbons (Fsp3) is 0.105. The summed E-state index contributed by atoms with van der Waals surface area (Å²) in [5.74, 6) is 0. The number of hydrogen-bond acceptors (Lipinski definition) is 2. The van der Waals surface area contributed by atoms with E-state index in [1.165, 1.54) is 12.1 Å². The zero-order valence-corrected chi connectivity index (χ0v) is 14.6. The van der Waals surface area contributed by atoms with Crippen LogP contribution in [0.25, 0.3) is 11.3 Å². The molecule has 3 rings (SSSR count). The lowest BCUT2D eigenvalue weighted by atomic mass is 9.95. The van der Waals surface area contributed by atoms with E-state index in [-0.39, 0.29) is 0 Å². The Kier molecular flexibility index (Phi) is 4.81. The predicted octanol–water partition coefficient (Wildman–Crippen LogP) is 5.70. The van der Waals surface area contributed by atoms with Gasteiger partial charge in [-0.25, -0.2) is 0 Å². The van der Waals surface area contributed by atoms with Crippen molar-refractivity contribution in [3.05, 3.63) is 82.0 Å². The number of alkyl halides is 3. The van der Waals surface area contributed by atoms with Gasteiger partial charge in [-0.05, 0) is 63.8 Å². The van der Waals surface area contributed by atoms with Gasteiger partial charge in [0.15, 0.2) is 0 Å². The molecule has 25 heavy (non-hydrogen) atoms. The van der Waals surface area contributed by atoms with Crippen molar-refractivity contribution in [3.8, 4) is 11.3 Å². The summed E-state index contributed by atoms with van der Waals surface area (Å²) in [6.45, 7) is 0. The second kappa shape index (κ2) is 6.88. The van der Waals surface area contributed by atoms with Gasteiger partial charge < -0.3 is 5.73 Å². The number of nitrogens with zero attached hydrogens (tertiary/aromatic N) is 1. The quantitative estimate of drug-likeness (QED) is 0.566. The first-order valence-corrected chi connectivity index (χ1v) is 8.29. The van der Waals surface area contributed by atoms with E-state index in [4.69, 9.17) is 5.73 Å². The highest BCUT2D eigenvalue weighted by Gasteiger charge is 2.29. The average molecular weight is 407 g/mol. The first-order valence-electron chi connectivity index (χ1n) is 7.50. The van der Waals surface area contributed by atoms with Gasteiger partial charge in [0, 0.05) is 21.9 Å². The molecule has 0 spiro atoms. The fourth-order valence-electron chi connectivity index (χ4n) is 2.63. The number of benzene rings is 2. The Balaban J connectivity index is 1.96. The van der Waals surface area contributed by atoms with Crippen LogP contribution in [0.2, 0.25) is 0 Å². The summed E-state index contributed by atoms with van der Waals surface area (Å²) in [6.07, 6.45) is -2.18. The van der Waals surface area contributed by atoms with Crippen LogP contribution >= 0.6 is 15.9 Å². The van der Waals surface area contributed by atoms with Crippen LogP contribution in [0, 0.1) is 0 Å². The van der Waals surface area contributed by atoms with Gasteiger partial charge in [0.05, 0.1) is 11.3 Å². The van der Waals surface area contributed by atoms with Gasteiger partial charge in [-0.15, -0.1) is 0 Å². The van der Waals surface area contributed by atoms with E-state index in [0.717, 1.165) is 39.0 Å². The fourth-order valence-corrected chi connectivity index (χ4v) is 2.87. The first-order chi connectivity index (χ1) is 11.8. The van der Waals surface area contributed by atoms with Crippen molar-refractivity contribution in [3.63, 3.8) is 0 Å². The molecule has 2 nitrogen and oxygen atoms in total. The summed E-state index contributed by atoms with van der Waals surface area (Å²) in [5, 5.41) is 0. The first kappa shape index (κ1) is 17.5. The zero-order chi connectivity index (χ0) is 18.0. The lowest BCUT2D eigenvalue weighted by Gasteiger charge is -2.13. The second-order valence-corrected chi connectivity index (χ2v) is 6.53.